The number of rotatable bonds is 3. The summed E-state index contributed by atoms with van der Waals surface area (Å²) >= 11 is 0. The maximum Gasteiger partial charge on any atom is 0.239 e. The van der Waals surface area contributed by atoms with Gasteiger partial charge in [-0.15, -0.1) is 0 Å². The lowest BCUT2D eigenvalue weighted by Crippen LogP contribution is -2.27. The van der Waals surface area contributed by atoms with Crippen molar-refractivity contribution in [2.45, 2.75) is 6.92 Å². The van der Waals surface area contributed by atoms with Crippen molar-refractivity contribution in [1.29, 1.82) is 0 Å². The van der Waals surface area contributed by atoms with Crippen molar-refractivity contribution in [3.05, 3.63) is 11.8 Å². The van der Waals surface area contributed by atoms with Crippen molar-refractivity contribution in [3.63, 3.8) is 0 Å². The fourth-order valence-corrected chi connectivity index (χ4v) is 0.866. The second-order valence-electron chi connectivity index (χ2n) is 3.13. The summed E-state index contributed by atoms with van der Waals surface area (Å²) in [4.78, 5) is 13.0. The summed E-state index contributed by atoms with van der Waals surface area (Å²) in [6, 6.07) is 0. The minimum absolute atomic E-state index is 0.0954. The topological polar surface area (TPSA) is 58.4 Å². The van der Waals surface area contributed by atoms with E-state index in [1.54, 1.807) is 4.90 Å². The predicted octanol–water partition coefficient (Wildman–Crippen LogP) is 0.483. The highest BCUT2D eigenvalue weighted by molar-refractivity contribution is 5.91. The van der Waals surface area contributed by atoms with Crippen LogP contribution < -0.4 is 5.32 Å². The molecule has 1 heterocycles. The molecule has 0 radical (unpaired) electrons. The molecule has 0 spiro atoms. The number of anilines is 1. The Labute approximate surface area is 76.7 Å². The molecule has 1 amide bonds. The first-order valence-corrected chi connectivity index (χ1v) is 3.95. The Bertz CT molecular complexity index is 293. The first-order valence-electron chi connectivity index (χ1n) is 3.95. The van der Waals surface area contributed by atoms with Crippen LogP contribution in [0.1, 0.15) is 5.56 Å². The Morgan fingerprint density at radius 1 is 1.69 bits per heavy atom. The highest BCUT2D eigenvalue weighted by Crippen LogP contribution is 2.09. The number of hydrogen-bond donors (Lipinski definition) is 1. The van der Waals surface area contributed by atoms with E-state index in [0.29, 0.717) is 12.4 Å². The summed E-state index contributed by atoms with van der Waals surface area (Å²) in [5, 5.41) is 6.27. The smallest absolute Gasteiger partial charge is 0.239 e. The molecule has 0 saturated carbocycles. The average molecular weight is 183 g/mol. The molecule has 0 aromatic carbocycles. The van der Waals surface area contributed by atoms with Gasteiger partial charge in [-0.3, -0.25) is 4.79 Å². The molecule has 1 aromatic heterocycles. The van der Waals surface area contributed by atoms with Crippen molar-refractivity contribution >= 4 is 11.7 Å². The van der Waals surface area contributed by atoms with Gasteiger partial charge in [0.1, 0.15) is 6.26 Å². The molecule has 5 nitrogen and oxygen atoms in total. The number of aromatic nitrogens is 1. The molecular formula is C8H13N3O2. The molecule has 1 N–H and O–H groups in total. The first-order chi connectivity index (χ1) is 6.09. The fourth-order valence-electron chi connectivity index (χ4n) is 0.866. The Kier molecular flexibility index (Phi) is 3.02. The van der Waals surface area contributed by atoms with E-state index in [4.69, 9.17) is 0 Å². The van der Waals surface area contributed by atoms with Crippen molar-refractivity contribution in [3.8, 4) is 0 Å². The minimum atomic E-state index is -0.0954. The third kappa shape index (κ3) is 2.87. The molecule has 0 bridgehead atoms. The lowest BCUT2D eigenvalue weighted by molar-refractivity contribution is -0.116. The third-order valence-electron chi connectivity index (χ3n) is 1.46. The molecule has 0 saturated heterocycles. The van der Waals surface area contributed by atoms with Gasteiger partial charge in [0.25, 0.3) is 0 Å². The van der Waals surface area contributed by atoms with Crippen molar-refractivity contribution < 1.29 is 9.32 Å². The highest BCUT2D eigenvalue weighted by Gasteiger charge is 2.08. The van der Waals surface area contributed by atoms with Crippen LogP contribution in [0, 0.1) is 6.92 Å². The molecule has 5 heteroatoms. The number of carbonyl (C=O) groups is 1. The van der Waals surface area contributed by atoms with Crippen LogP contribution in [0.5, 0.6) is 0 Å². The summed E-state index contributed by atoms with van der Waals surface area (Å²) in [5.74, 6) is 0.397. The van der Waals surface area contributed by atoms with Gasteiger partial charge in [-0.05, 0) is 21.0 Å². The molecule has 13 heavy (non-hydrogen) atoms. The van der Waals surface area contributed by atoms with Gasteiger partial charge >= 0.3 is 0 Å². The van der Waals surface area contributed by atoms with E-state index in [9.17, 15) is 4.79 Å². The number of likely N-dealkylation sites (N-methyl/N-ethyl adjacent to an activating group) is 1. The zero-order chi connectivity index (χ0) is 9.84. The van der Waals surface area contributed by atoms with Gasteiger partial charge in [0, 0.05) is 5.56 Å². The molecule has 0 unspecified atom stereocenters. The van der Waals surface area contributed by atoms with Crippen LogP contribution in [0.3, 0.4) is 0 Å². The van der Waals surface area contributed by atoms with Gasteiger partial charge < -0.3 is 14.7 Å². The van der Waals surface area contributed by atoms with Crippen LogP contribution in [0.4, 0.5) is 5.82 Å². The number of hydrogen-bond acceptors (Lipinski definition) is 4. The summed E-state index contributed by atoms with van der Waals surface area (Å²) in [5.41, 5.74) is 0.826. The van der Waals surface area contributed by atoms with Crippen LogP contribution in [-0.4, -0.2) is 36.6 Å². The SMILES string of the molecule is Cc1conc1NC(=O)CN(C)C. The molecule has 72 valence electrons. The van der Waals surface area contributed by atoms with Crippen LogP contribution in [-0.2, 0) is 4.79 Å². The lowest BCUT2D eigenvalue weighted by atomic mass is 10.4. The van der Waals surface area contributed by atoms with Gasteiger partial charge in [0.05, 0.1) is 6.54 Å². The van der Waals surface area contributed by atoms with Crippen molar-refractivity contribution in [1.82, 2.24) is 10.1 Å². The quantitative estimate of drug-likeness (QED) is 0.740. The first kappa shape index (κ1) is 9.73. The second-order valence-corrected chi connectivity index (χ2v) is 3.13. The molecule has 0 aliphatic rings. The monoisotopic (exact) mass is 183 g/mol. The molecule has 1 aromatic rings. The standard InChI is InChI=1S/C8H13N3O2/c1-6-5-13-10-8(6)9-7(12)4-11(2)3/h5H,4H2,1-3H3,(H,9,10,12). The largest absolute Gasteiger partial charge is 0.362 e. The van der Waals surface area contributed by atoms with Gasteiger partial charge in [-0.2, -0.15) is 0 Å². The maximum absolute atomic E-state index is 11.2. The van der Waals surface area contributed by atoms with Crippen LogP contribution in [0.15, 0.2) is 10.8 Å². The average Bonchev–Trinajstić information content (AvgIpc) is 2.34. The van der Waals surface area contributed by atoms with Gasteiger partial charge in [0.15, 0.2) is 5.82 Å². The van der Waals surface area contributed by atoms with Gasteiger partial charge in [0.2, 0.25) is 5.91 Å². The molecule has 1 rings (SSSR count). The van der Waals surface area contributed by atoms with Crippen molar-refractivity contribution in [2.24, 2.45) is 0 Å². The van der Waals surface area contributed by atoms with E-state index in [2.05, 4.69) is 15.0 Å². The number of carbonyl (C=O) groups excluding carboxylic acids is 1. The zero-order valence-corrected chi connectivity index (χ0v) is 8.00. The molecule has 0 atom stereocenters. The summed E-state index contributed by atoms with van der Waals surface area (Å²) < 4.78 is 4.67. The second kappa shape index (κ2) is 4.04. The van der Waals surface area contributed by atoms with E-state index in [1.807, 2.05) is 21.0 Å². The van der Waals surface area contributed by atoms with E-state index < -0.39 is 0 Å². The molecule has 0 fully saturated rings. The number of amides is 1. The number of nitrogens with zero attached hydrogens (tertiary/aromatic N) is 2. The van der Waals surface area contributed by atoms with Gasteiger partial charge in [-0.1, -0.05) is 5.16 Å². The van der Waals surface area contributed by atoms with E-state index in [-0.39, 0.29) is 5.91 Å². The Morgan fingerprint density at radius 2 is 2.38 bits per heavy atom. The zero-order valence-electron chi connectivity index (χ0n) is 8.00. The third-order valence-corrected chi connectivity index (χ3v) is 1.46. The summed E-state index contributed by atoms with van der Waals surface area (Å²) in [6.45, 7) is 2.16. The van der Waals surface area contributed by atoms with Crippen molar-refractivity contribution in [2.75, 3.05) is 26.0 Å². The van der Waals surface area contributed by atoms with Gasteiger partial charge in [-0.25, -0.2) is 0 Å². The van der Waals surface area contributed by atoms with E-state index >= 15 is 0 Å². The highest BCUT2D eigenvalue weighted by atomic mass is 16.5. The lowest BCUT2D eigenvalue weighted by Gasteiger charge is -2.08. The molecule has 0 aliphatic heterocycles. The summed E-state index contributed by atoms with van der Waals surface area (Å²) in [6.07, 6.45) is 1.49. The number of aryl methyl sites for hydroxylation is 1. The molecular weight excluding hydrogens is 170 g/mol. The van der Waals surface area contributed by atoms with E-state index in [1.165, 1.54) is 6.26 Å². The van der Waals surface area contributed by atoms with Crippen LogP contribution in [0.25, 0.3) is 0 Å². The Balaban J connectivity index is 2.50. The Hall–Kier alpha value is -1.36. The number of nitrogens with one attached hydrogen (secondary N) is 1. The fraction of sp³-hybridized carbons (Fsp3) is 0.500. The normalized spacial score (nSPS) is 10.5. The maximum atomic E-state index is 11.2. The predicted molar refractivity (Wildman–Crippen MR) is 48.4 cm³/mol. The molecule has 0 aliphatic carbocycles. The summed E-state index contributed by atoms with van der Waals surface area (Å²) in [7, 11) is 3.66. The van der Waals surface area contributed by atoms with E-state index in [0.717, 1.165) is 5.56 Å². The Morgan fingerprint density at radius 3 is 2.85 bits per heavy atom. The van der Waals surface area contributed by atoms with Crippen LogP contribution >= 0.6 is 0 Å². The van der Waals surface area contributed by atoms with Crippen LogP contribution in [0.2, 0.25) is 0 Å². The minimum Gasteiger partial charge on any atom is -0.362 e.